The van der Waals surface area contributed by atoms with Crippen molar-refractivity contribution < 1.29 is 19.0 Å². The minimum absolute atomic E-state index is 0.108. The Bertz CT molecular complexity index is 1340. The number of carbonyl (C=O) groups excluding carboxylic acids is 3. The molecule has 3 amide bonds. The highest BCUT2D eigenvalue weighted by atomic mass is 16.2. The Morgan fingerprint density at radius 3 is 2.26 bits per heavy atom. The van der Waals surface area contributed by atoms with Crippen LogP contribution in [-0.2, 0) is 20.9 Å². The molecule has 0 radical (unpaired) electrons. The highest BCUT2D eigenvalue weighted by Crippen LogP contribution is 2.24. The maximum atomic E-state index is 12.0. The lowest BCUT2D eigenvalue weighted by atomic mass is 10.0. The third-order valence-corrected chi connectivity index (χ3v) is 6.74. The average molecular weight is 512 g/mol. The summed E-state index contributed by atoms with van der Waals surface area (Å²) in [5.74, 6) is -0.889. The molecule has 1 aliphatic heterocycles. The molecular weight excluding hydrogens is 476 g/mol. The maximum absolute atomic E-state index is 12.0. The number of amides is 3. The summed E-state index contributed by atoms with van der Waals surface area (Å²) in [6.45, 7) is 7.78. The van der Waals surface area contributed by atoms with E-state index in [-0.39, 0.29) is 30.7 Å². The monoisotopic (exact) mass is 511 g/mol. The van der Waals surface area contributed by atoms with E-state index in [4.69, 9.17) is 0 Å². The lowest BCUT2D eigenvalue weighted by Gasteiger charge is -2.21. The van der Waals surface area contributed by atoms with Crippen LogP contribution in [0.15, 0.2) is 73.1 Å². The molecule has 0 fully saturated rings. The molecular formula is C31H35N4O3+. The van der Waals surface area contributed by atoms with Gasteiger partial charge in [-0.15, -0.1) is 0 Å². The van der Waals surface area contributed by atoms with Gasteiger partial charge in [-0.25, -0.2) is 4.57 Å². The van der Waals surface area contributed by atoms with E-state index < -0.39 is 0 Å². The zero-order valence-corrected chi connectivity index (χ0v) is 22.1. The van der Waals surface area contributed by atoms with Crippen LogP contribution in [0.25, 0.3) is 22.9 Å². The topological polar surface area (TPSA) is 73.6 Å². The van der Waals surface area contributed by atoms with Crippen molar-refractivity contribution in [3.05, 3.63) is 84.2 Å². The largest absolute Gasteiger partial charge is 0.372 e. The van der Waals surface area contributed by atoms with E-state index in [1.165, 1.54) is 28.6 Å². The number of aryl methyl sites for hydroxylation is 1. The summed E-state index contributed by atoms with van der Waals surface area (Å²) in [6.07, 6.45) is 11.7. The van der Waals surface area contributed by atoms with Crippen LogP contribution >= 0.6 is 0 Å². The number of nitrogens with zero attached hydrogens (tertiary/aromatic N) is 3. The third kappa shape index (κ3) is 6.94. The van der Waals surface area contributed by atoms with Crippen molar-refractivity contribution in [3.8, 4) is 0 Å². The molecule has 3 aromatic rings. The first kappa shape index (κ1) is 26.8. The predicted octanol–water partition coefficient (Wildman–Crippen LogP) is 3.97. The van der Waals surface area contributed by atoms with Crippen LogP contribution in [-0.4, -0.2) is 48.8 Å². The van der Waals surface area contributed by atoms with Crippen molar-refractivity contribution in [2.24, 2.45) is 0 Å². The van der Waals surface area contributed by atoms with E-state index in [9.17, 15) is 14.4 Å². The van der Waals surface area contributed by atoms with E-state index in [0.29, 0.717) is 6.54 Å². The first-order valence-corrected chi connectivity index (χ1v) is 13.2. The summed E-state index contributed by atoms with van der Waals surface area (Å²) >= 11 is 0. The normalized spacial score (nSPS) is 13.2. The van der Waals surface area contributed by atoms with Crippen molar-refractivity contribution in [3.63, 3.8) is 0 Å². The minimum atomic E-state index is -0.362. The maximum Gasteiger partial charge on any atom is 0.253 e. The summed E-state index contributed by atoms with van der Waals surface area (Å²) in [6, 6.07) is 17.3. The first-order valence-electron chi connectivity index (χ1n) is 13.2. The first-order chi connectivity index (χ1) is 18.5. The SMILES string of the molecule is CCN(CC)c1ccc2cc(/C=C/c3cc[n+](CCCNC(=O)CCN4C(=O)C=CC4=O)cc3)ccc2c1. The standard InChI is InChI=1S/C31H34N4O3/c1-3-34(4-2)28-11-10-26-22-25(8-9-27(26)23-28)7-6-24-14-19-33(20-15-24)18-5-17-32-29(36)16-21-35-30(37)12-13-31(35)38/h6-15,19-20,22-23H,3-5,16-18,21H2,1-2H3/p+1. The minimum Gasteiger partial charge on any atom is -0.372 e. The molecule has 1 aromatic heterocycles. The number of fused-ring (bicyclic) bond motifs is 1. The van der Waals surface area contributed by atoms with Crippen LogP contribution in [0.1, 0.15) is 37.8 Å². The molecule has 0 bridgehead atoms. The number of hydrogen-bond donors (Lipinski definition) is 1. The van der Waals surface area contributed by atoms with E-state index in [0.717, 1.165) is 42.1 Å². The number of nitrogens with one attached hydrogen (secondary N) is 1. The van der Waals surface area contributed by atoms with Gasteiger partial charge in [-0.05, 0) is 53.9 Å². The molecule has 2 heterocycles. The number of imide groups is 1. The number of carbonyl (C=O) groups is 3. The van der Waals surface area contributed by atoms with Gasteiger partial charge >= 0.3 is 0 Å². The van der Waals surface area contributed by atoms with Gasteiger partial charge < -0.3 is 10.2 Å². The van der Waals surface area contributed by atoms with Crippen molar-refractivity contribution >= 4 is 46.3 Å². The molecule has 4 rings (SSSR count). The average Bonchev–Trinajstić information content (AvgIpc) is 3.26. The van der Waals surface area contributed by atoms with Gasteiger partial charge in [0.1, 0.15) is 6.54 Å². The van der Waals surface area contributed by atoms with Gasteiger partial charge in [-0.3, -0.25) is 19.3 Å². The molecule has 0 spiro atoms. The summed E-state index contributed by atoms with van der Waals surface area (Å²) < 4.78 is 2.08. The fraction of sp³-hybridized carbons (Fsp3) is 0.290. The Morgan fingerprint density at radius 1 is 0.895 bits per heavy atom. The second kappa shape index (κ2) is 12.8. The fourth-order valence-electron chi connectivity index (χ4n) is 4.50. The smallest absolute Gasteiger partial charge is 0.253 e. The number of anilines is 1. The Balaban J connectivity index is 1.22. The van der Waals surface area contributed by atoms with E-state index >= 15 is 0 Å². The summed E-state index contributed by atoms with van der Waals surface area (Å²) in [4.78, 5) is 38.5. The van der Waals surface area contributed by atoms with Crippen LogP contribution in [0, 0.1) is 0 Å². The second-order valence-corrected chi connectivity index (χ2v) is 9.28. The fourth-order valence-corrected chi connectivity index (χ4v) is 4.50. The van der Waals surface area contributed by atoms with Gasteiger partial charge in [0.15, 0.2) is 12.4 Å². The lowest BCUT2D eigenvalue weighted by Crippen LogP contribution is -2.37. The molecule has 7 heteroatoms. The molecule has 38 heavy (non-hydrogen) atoms. The van der Waals surface area contributed by atoms with Crippen molar-refractivity contribution in [1.82, 2.24) is 10.2 Å². The molecule has 0 saturated carbocycles. The highest BCUT2D eigenvalue weighted by Gasteiger charge is 2.23. The summed E-state index contributed by atoms with van der Waals surface area (Å²) in [7, 11) is 0. The zero-order chi connectivity index (χ0) is 26.9. The second-order valence-electron chi connectivity index (χ2n) is 9.28. The van der Waals surface area contributed by atoms with Gasteiger partial charge in [-0.2, -0.15) is 0 Å². The molecule has 196 valence electrons. The Hall–Kier alpha value is -4.26. The predicted molar refractivity (Wildman–Crippen MR) is 151 cm³/mol. The van der Waals surface area contributed by atoms with E-state index in [2.05, 4.69) is 89.3 Å². The van der Waals surface area contributed by atoms with Gasteiger partial charge in [0.25, 0.3) is 11.8 Å². The van der Waals surface area contributed by atoms with Crippen molar-refractivity contribution in [1.29, 1.82) is 0 Å². The van der Waals surface area contributed by atoms with E-state index in [1.54, 1.807) is 0 Å². The molecule has 7 nitrogen and oxygen atoms in total. The number of hydrogen-bond acceptors (Lipinski definition) is 4. The van der Waals surface area contributed by atoms with Crippen molar-refractivity contribution in [2.45, 2.75) is 33.2 Å². The number of aromatic nitrogens is 1. The molecule has 0 unspecified atom stereocenters. The molecule has 1 N–H and O–H groups in total. The molecule has 0 atom stereocenters. The number of benzene rings is 2. The van der Waals surface area contributed by atoms with E-state index in [1.807, 2.05) is 12.4 Å². The zero-order valence-electron chi connectivity index (χ0n) is 22.1. The van der Waals surface area contributed by atoms with Crippen LogP contribution in [0.4, 0.5) is 5.69 Å². The Kier molecular flexibility index (Phi) is 9.03. The number of pyridine rings is 1. The van der Waals surface area contributed by atoms with Crippen LogP contribution < -0.4 is 14.8 Å². The number of rotatable bonds is 12. The summed E-state index contributed by atoms with van der Waals surface area (Å²) in [5, 5.41) is 5.33. The van der Waals surface area contributed by atoms with Gasteiger partial charge in [0, 0.05) is 69.0 Å². The van der Waals surface area contributed by atoms with Gasteiger partial charge in [0.2, 0.25) is 5.91 Å². The van der Waals surface area contributed by atoms with Crippen LogP contribution in [0.3, 0.4) is 0 Å². The Labute approximate surface area is 224 Å². The molecule has 2 aromatic carbocycles. The van der Waals surface area contributed by atoms with Gasteiger partial charge in [-0.1, -0.05) is 30.4 Å². The highest BCUT2D eigenvalue weighted by molar-refractivity contribution is 6.13. The quantitative estimate of drug-likeness (QED) is 0.227. The molecule has 0 aliphatic carbocycles. The Morgan fingerprint density at radius 2 is 1.55 bits per heavy atom. The van der Waals surface area contributed by atoms with Crippen LogP contribution in [0.2, 0.25) is 0 Å². The van der Waals surface area contributed by atoms with Gasteiger partial charge in [0.05, 0.1) is 0 Å². The third-order valence-electron chi connectivity index (χ3n) is 6.74. The molecule has 1 aliphatic rings. The summed E-state index contributed by atoms with van der Waals surface area (Å²) in [5.41, 5.74) is 3.54. The van der Waals surface area contributed by atoms with Crippen molar-refractivity contribution in [2.75, 3.05) is 31.1 Å². The molecule has 0 saturated heterocycles. The lowest BCUT2D eigenvalue weighted by molar-refractivity contribution is -0.697. The van der Waals surface area contributed by atoms with Crippen LogP contribution in [0.5, 0.6) is 0 Å².